The van der Waals surface area contributed by atoms with Crippen LogP contribution < -0.4 is 16.0 Å². The Balaban J connectivity index is 1.53. The van der Waals surface area contributed by atoms with Gasteiger partial charge in [-0.3, -0.25) is 19.2 Å². The zero-order valence-electron chi connectivity index (χ0n) is 23.7. The molecule has 16 heteroatoms. The monoisotopic (exact) mass is 607 g/mol. The molecule has 232 valence electrons. The number of anilines is 2. The summed E-state index contributed by atoms with van der Waals surface area (Å²) in [6.07, 6.45) is 0.719. The summed E-state index contributed by atoms with van der Waals surface area (Å²) >= 11 is 0. The number of alkyl halides is 3. The number of oxazole rings is 1. The topological polar surface area (TPSA) is 179 Å². The Bertz CT molecular complexity index is 1470. The van der Waals surface area contributed by atoms with Crippen LogP contribution >= 0.6 is 0 Å². The van der Waals surface area contributed by atoms with Crippen molar-refractivity contribution in [1.82, 2.24) is 19.7 Å². The highest BCUT2D eigenvalue weighted by Gasteiger charge is 2.37. The van der Waals surface area contributed by atoms with E-state index in [1.165, 1.54) is 33.0 Å². The van der Waals surface area contributed by atoms with E-state index in [0.717, 1.165) is 44.2 Å². The van der Waals surface area contributed by atoms with Gasteiger partial charge in [0.25, 0.3) is 11.8 Å². The van der Waals surface area contributed by atoms with Crippen LogP contribution in [-0.4, -0.2) is 67.7 Å². The van der Waals surface area contributed by atoms with Crippen LogP contribution in [0.5, 0.6) is 0 Å². The van der Waals surface area contributed by atoms with Crippen LogP contribution in [0.15, 0.2) is 35.2 Å². The highest BCUT2D eigenvalue weighted by Crippen LogP contribution is 2.33. The van der Waals surface area contributed by atoms with Crippen molar-refractivity contribution >= 4 is 29.4 Å². The van der Waals surface area contributed by atoms with E-state index in [2.05, 4.69) is 20.4 Å². The van der Waals surface area contributed by atoms with E-state index < -0.39 is 36.2 Å². The van der Waals surface area contributed by atoms with Crippen LogP contribution in [0.25, 0.3) is 11.5 Å². The fraction of sp³-hybridized carbons (Fsp3) is 0.481. The predicted molar refractivity (Wildman–Crippen MR) is 146 cm³/mol. The van der Waals surface area contributed by atoms with Gasteiger partial charge >= 0.3 is 12.3 Å². The number of hydrogen-bond acceptors (Lipinski definition) is 9. The van der Waals surface area contributed by atoms with Gasteiger partial charge in [0.15, 0.2) is 11.4 Å². The van der Waals surface area contributed by atoms with Gasteiger partial charge in [-0.2, -0.15) is 18.3 Å². The van der Waals surface area contributed by atoms with E-state index >= 15 is 0 Å². The molecule has 4 N–H and O–H groups in total. The van der Waals surface area contributed by atoms with Crippen molar-refractivity contribution in [1.29, 1.82) is 0 Å². The van der Waals surface area contributed by atoms with Gasteiger partial charge in [0.05, 0.1) is 11.7 Å². The number of ether oxygens (including phenoxy) is 1. The van der Waals surface area contributed by atoms with E-state index in [1.54, 1.807) is 4.68 Å². The molecule has 1 aliphatic rings. The molecule has 0 spiro atoms. The number of halogens is 3. The lowest BCUT2D eigenvalue weighted by Gasteiger charge is -2.27. The molecule has 13 nitrogen and oxygen atoms in total. The van der Waals surface area contributed by atoms with Crippen LogP contribution in [0, 0.1) is 5.92 Å². The van der Waals surface area contributed by atoms with Gasteiger partial charge < -0.3 is 25.3 Å². The number of aliphatic hydroxyl groups excluding tert-OH is 1. The summed E-state index contributed by atoms with van der Waals surface area (Å²) in [4.78, 5) is 46.0. The largest absolute Gasteiger partial charge is 0.444 e. The maximum absolute atomic E-state index is 13.3. The highest BCUT2D eigenvalue weighted by molar-refractivity contribution is 6.07. The fourth-order valence-corrected chi connectivity index (χ4v) is 4.58. The van der Waals surface area contributed by atoms with Gasteiger partial charge in [-0.05, 0) is 64.5 Å². The summed E-state index contributed by atoms with van der Waals surface area (Å²) in [5, 5.41) is 16.2. The Morgan fingerprint density at radius 2 is 1.91 bits per heavy atom. The number of nitrogens with two attached hydrogens (primary N) is 1. The van der Waals surface area contributed by atoms with Gasteiger partial charge in [0.1, 0.15) is 24.2 Å². The molecule has 3 aromatic heterocycles. The Hall–Kier alpha value is -4.47. The second-order valence-electron chi connectivity index (χ2n) is 11.2. The average molecular weight is 608 g/mol. The smallest absolute Gasteiger partial charge is 0.416 e. The molecule has 0 atom stereocenters. The molecule has 0 radical (unpaired) electrons. The second-order valence-corrected chi connectivity index (χ2v) is 11.2. The molecule has 1 saturated carbocycles. The number of pyridine rings is 1. The second kappa shape index (κ2) is 12.4. The molecule has 3 heterocycles. The first kappa shape index (κ1) is 31.5. The highest BCUT2D eigenvalue weighted by atomic mass is 19.4. The Kier molecular flexibility index (Phi) is 9.08. The van der Waals surface area contributed by atoms with E-state index in [-0.39, 0.29) is 52.9 Å². The van der Waals surface area contributed by atoms with E-state index in [1.807, 2.05) is 0 Å². The van der Waals surface area contributed by atoms with Crippen molar-refractivity contribution in [3.8, 4) is 11.5 Å². The minimum Gasteiger partial charge on any atom is -0.444 e. The molecule has 1 fully saturated rings. The van der Waals surface area contributed by atoms with Crippen molar-refractivity contribution in [2.75, 3.05) is 23.4 Å². The summed E-state index contributed by atoms with van der Waals surface area (Å²) < 4.78 is 52.0. The third-order valence-corrected chi connectivity index (χ3v) is 6.62. The number of amides is 3. The molecule has 0 saturated heterocycles. The lowest BCUT2D eigenvalue weighted by Crippen LogP contribution is -2.42. The van der Waals surface area contributed by atoms with Gasteiger partial charge in [0, 0.05) is 24.6 Å². The van der Waals surface area contributed by atoms with E-state index in [9.17, 15) is 32.7 Å². The van der Waals surface area contributed by atoms with Crippen molar-refractivity contribution in [2.45, 2.75) is 64.3 Å². The van der Waals surface area contributed by atoms with Crippen molar-refractivity contribution in [2.24, 2.45) is 11.7 Å². The maximum Gasteiger partial charge on any atom is 0.416 e. The normalized spacial score (nSPS) is 17.4. The van der Waals surface area contributed by atoms with Gasteiger partial charge in [0.2, 0.25) is 5.89 Å². The molecule has 43 heavy (non-hydrogen) atoms. The third kappa shape index (κ3) is 8.09. The molecular weight excluding hydrogens is 575 g/mol. The summed E-state index contributed by atoms with van der Waals surface area (Å²) in [6, 6.07) is 2.48. The summed E-state index contributed by atoms with van der Waals surface area (Å²) in [7, 11) is 0. The number of nitrogens with zero attached hydrogens (tertiary/aromatic N) is 5. The standard InChI is InChI=1S/C27H32F3N7O6/c1-26(2,3)43-25(41)36(14-27(28,29)30)20-10-16(8-9-32-20)24-34-19(13-42-24)23(40)33-18-11-37(35-21(18)22(31)39)17-6-4-15(12-38)5-7-17/h8-11,13,15,17,38H,4-7,12,14H2,1-3H3,(H2,31,39)(H,33,40)/t15-,17-. The number of aliphatic hydroxyl groups is 1. The lowest BCUT2D eigenvalue weighted by atomic mass is 9.87. The summed E-state index contributed by atoms with van der Waals surface area (Å²) in [5.41, 5.74) is 4.26. The quantitative estimate of drug-likeness (QED) is 0.336. The Morgan fingerprint density at radius 1 is 1.21 bits per heavy atom. The number of rotatable bonds is 8. The number of aromatic nitrogens is 4. The van der Waals surface area contributed by atoms with Crippen LogP contribution in [0.3, 0.4) is 0 Å². The molecule has 0 aromatic carbocycles. The zero-order valence-corrected chi connectivity index (χ0v) is 23.7. The fourth-order valence-electron chi connectivity index (χ4n) is 4.58. The van der Waals surface area contributed by atoms with Crippen LogP contribution in [-0.2, 0) is 4.74 Å². The Labute approximate surface area is 244 Å². The number of carbonyl (C=O) groups is 3. The van der Waals surface area contributed by atoms with Gasteiger partial charge in [-0.15, -0.1) is 0 Å². The minimum absolute atomic E-state index is 0.0383. The molecule has 0 bridgehead atoms. The predicted octanol–water partition coefficient (Wildman–Crippen LogP) is 4.31. The van der Waals surface area contributed by atoms with Crippen molar-refractivity contribution in [3.05, 3.63) is 42.2 Å². The molecule has 1 aliphatic carbocycles. The van der Waals surface area contributed by atoms with E-state index in [4.69, 9.17) is 14.9 Å². The van der Waals surface area contributed by atoms with Crippen LogP contribution in [0.4, 0.5) is 29.5 Å². The molecular formula is C27H32F3N7O6. The number of hydrogen-bond donors (Lipinski definition) is 3. The molecule has 3 amide bonds. The van der Waals surface area contributed by atoms with Crippen LogP contribution in [0.1, 0.15) is 73.5 Å². The average Bonchev–Trinajstić information content (AvgIpc) is 3.59. The number of carbonyl (C=O) groups excluding carboxylic acids is 3. The molecule has 3 aromatic rings. The first-order valence-electron chi connectivity index (χ1n) is 13.4. The van der Waals surface area contributed by atoms with Crippen molar-refractivity contribution in [3.63, 3.8) is 0 Å². The SMILES string of the molecule is CC(C)(C)OC(=O)N(CC(F)(F)F)c1cc(-c2nc(C(=O)Nc3cn([C@H]4CC[C@H](CO)CC4)nc3C(N)=O)co2)ccn1. The van der Waals surface area contributed by atoms with Gasteiger partial charge in [-0.1, -0.05) is 0 Å². The first-order chi connectivity index (χ1) is 20.1. The van der Waals surface area contributed by atoms with Crippen molar-refractivity contribution < 1.29 is 41.8 Å². The maximum atomic E-state index is 13.3. The number of primary amides is 1. The van der Waals surface area contributed by atoms with Gasteiger partial charge in [-0.25, -0.2) is 14.8 Å². The third-order valence-electron chi connectivity index (χ3n) is 6.62. The summed E-state index contributed by atoms with van der Waals surface area (Å²) in [5.74, 6) is -1.92. The minimum atomic E-state index is -4.75. The summed E-state index contributed by atoms with van der Waals surface area (Å²) in [6.45, 7) is 2.99. The Morgan fingerprint density at radius 3 is 2.51 bits per heavy atom. The van der Waals surface area contributed by atoms with Crippen LogP contribution in [0.2, 0.25) is 0 Å². The first-order valence-corrected chi connectivity index (χ1v) is 13.4. The molecule has 0 aliphatic heterocycles. The molecule has 4 rings (SSSR count). The lowest BCUT2D eigenvalue weighted by molar-refractivity contribution is -0.119. The van der Waals surface area contributed by atoms with E-state index in [0.29, 0.717) is 4.90 Å². The zero-order chi connectivity index (χ0) is 31.5. The number of nitrogens with one attached hydrogen (secondary N) is 1. The molecule has 0 unspecified atom stereocenters.